The van der Waals surface area contributed by atoms with Crippen LogP contribution in [0.25, 0.3) is 11.1 Å². The third kappa shape index (κ3) is 8.16. The fraction of sp³-hybridized carbons (Fsp3) is 0.406. The molecule has 6 nitrogen and oxygen atoms in total. The topological polar surface area (TPSA) is 68.2 Å². The summed E-state index contributed by atoms with van der Waals surface area (Å²) in [4.78, 5) is 10.7. The second-order valence-corrected chi connectivity index (χ2v) is 11.0. The monoisotopic (exact) mass is 549 g/mol. The zero-order chi connectivity index (χ0) is 27.8. The average molecular weight is 550 g/mol. The summed E-state index contributed by atoms with van der Waals surface area (Å²) in [5.74, 6) is 1.58. The molecule has 0 atom stereocenters. The van der Waals surface area contributed by atoms with Crippen molar-refractivity contribution in [3.63, 3.8) is 0 Å². The lowest BCUT2D eigenvalue weighted by atomic mass is 9.94. The zero-order valence-corrected chi connectivity index (χ0v) is 24.2. The van der Waals surface area contributed by atoms with Gasteiger partial charge in [0.15, 0.2) is 0 Å². The highest BCUT2D eigenvalue weighted by molar-refractivity contribution is 7.96. The molecular weight excluding hydrogens is 510 g/mol. The van der Waals surface area contributed by atoms with Crippen molar-refractivity contribution in [1.29, 1.82) is 0 Å². The normalized spacial score (nSPS) is 14.3. The molecular formula is C32H39NO5S. The van der Waals surface area contributed by atoms with E-state index < -0.39 is 5.97 Å². The van der Waals surface area contributed by atoms with Gasteiger partial charge in [-0.15, -0.1) is 0 Å². The van der Waals surface area contributed by atoms with E-state index in [9.17, 15) is 4.79 Å². The summed E-state index contributed by atoms with van der Waals surface area (Å²) in [6.45, 7) is 9.20. The molecule has 7 heteroatoms. The maximum Gasteiger partial charge on any atom is 0.303 e. The van der Waals surface area contributed by atoms with Gasteiger partial charge in [-0.05, 0) is 104 Å². The van der Waals surface area contributed by atoms with Crippen LogP contribution in [0.3, 0.4) is 0 Å². The fourth-order valence-corrected chi connectivity index (χ4v) is 5.56. The van der Waals surface area contributed by atoms with E-state index in [2.05, 4.69) is 60.8 Å². The summed E-state index contributed by atoms with van der Waals surface area (Å²) in [5.41, 5.74) is 6.87. The van der Waals surface area contributed by atoms with Gasteiger partial charge < -0.3 is 19.3 Å². The van der Waals surface area contributed by atoms with Crippen LogP contribution in [0.2, 0.25) is 0 Å². The fourth-order valence-electron chi connectivity index (χ4n) is 4.99. The number of hydrogen-bond donors (Lipinski definition) is 1. The van der Waals surface area contributed by atoms with Crippen LogP contribution in [0.5, 0.6) is 17.2 Å². The molecule has 0 bridgehead atoms. The van der Waals surface area contributed by atoms with E-state index in [-0.39, 0.29) is 12.5 Å². The van der Waals surface area contributed by atoms with Crippen molar-refractivity contribution in [3.8, 4) is 28.4 Å². The molecule has 3 aromatic rings. The Morgan fingerprint density at radius 1 is 0.949 bits per heavy atom. The first-order chi connectivity index (χ1) is 18.8. The van der Waals surface area contributed by atoms with Crippen LogP contribution in [0.1, 0.15) is 47.9 Å². The van der Waals surface area contributed by atoms with Gasteiger partial charge >= 0.3 is 5.97 Å². The van der Waals surface area contributed by atoms with Crippen LogP contribution < -0.4 is 14.2 Å². The summed E-state index contributed by atoms with van der Waals surface area (Å²) in [6, 6.07) is 18.6. The number of ether oxygens (including phenoxy) is 3. The van der Waals surface area contributed by atoms with Crippen molar-refractivity contribution in [2.45, 2.75) is 59.2 Å². The molecule has 1 N–H and O–H groups in total. The highest BCUT2D eigenvalue weighted by atomic mass is 32.2. The third-order valence-corrected chi connectivity index (χ3v) is 7.92. The summed E-state index contributed by atoms with van der Waals surface area (Å²) < 4.78 is 20.7. The van der Waals surface area contributed by atoms with Crippen LogP contribution >= 0.6 is 11.9 Å². The molecule has 0 aromatic heterocycles. The zero-order valence-electron chi connectivity index (χ0n) is 23.4. The van der Waals surface area contributed by atoms with Gasteiger partial charge in [-0.25, -0.2) is 0 Å². The van der Waals surface area contributed by atoms with Crippen molar-refractivity contribution < 1.29 is 24.1 Å². The molecule has 3 aromatic carbocycles. The number of aryl methyl sites for hydroxylation is 3. The number of carboxylic acid groups (broad SMARTS) is 1. The first-order valence-electron chi connectivity index (χ1n) is 13.6. The number of benzene rings is 3. The smallest absolute Gasteiger partial charge is 0.303 e. The first-order valence-corrected chi connectivity index (χ1v) is 14.7. The van der Waals surface area contributed by atoms with E-state index >= 15 is 0 Å². The van der Waals surface area contributed by atoms with Crippen molar-refractivity contribution in [2.24, 2.45) is 0 Å². The Balaban J connectivity index is 1.39. The second kappa shape index (κ2) is 13.8. The average Bonchev–Trinajstić information content (AvgIpc) is 2.91. The number of rotatable bonds is 12. The SMILES string of the molecule is CSN1CCC(Oc2cc(C)c(-c3cccc(COc4ccc(C)c(OCCCC(=O)O)c4)c3)c(C)c2)CC1. The minimum absolute atomic E-state index is 0.0952. The van der Waals surface area contributed by atoms with E-state index in [1.54, 1.807) is 0 Å². The van der Waals surface area contributed by atoms with Gasteiger partial charge in [0.05, 0.1) is 6.61 Å². The predicted octanol–water partition coefficient (Wildman–Crippen LogP) is 7.22. The Hall–Kier alpha value is -3.16. The second-order valence-electron chi connectivity index (χ2n) is 10.1. The van der Waals surface area contributed by atoms with E-state index in [0.717, 1.165) is 59.9 Å². The minimum Gasteiger partial charge on any atom is -0.493 e. The van der Waals surface area contributed by atoms with E-state index in [4.69, 9.17) is 19.3 Å². The summed E-state index contributed by atoms with van der Waals surface area (Å²) in [5, 5.41) is 8.81. The largest absolute Gasteiger partial charge is 0.493 e. The number of aliphatic carboxylic acids is 1. The minimum atomic E-state index is -0.813. The van der Waals surface area contributed by atoms with Crippen molar-refractivity contribution in [1.82, 2.24) is 4.31 Å². The molecule has 1 aliphatic heterocycles. The predicted molar refractivity (Wildman–Crippen MR) is 158 cm³/mol. The standard InChI is InChI=1S/C32H39NO5S/c1-22-10-11-28(20-30(22)36-16-6-9-31(34)35)37-21-25-7-5-8-26(19-25)32-23(2)17-29(18-24(32)3)38-27-12-14-33(39-4)15-13-27/h5,7-8,10-11,17-20,27H,6,9,12-16,21H2,1-4H3,(H,34,35). The van der Waals surface area contributed by atoms with Crippen molar-refractivity contribution in [2.75, 3.05) is 26.0 Å². The summed E-state index contributed by atoms with van der Waals surface area (Å²) in [6.07, 6.45) is 5.09. The highest BCUT2D eigenvalue weighted by Gasteiger charge is 2.20. The Morgan fingerprint density at radius 2 is 1.69 bits per heavy atom. The third-order valence-electron chi connectivity index (χ3n) is 7.04. The summed E-state index contributed by atoms with van der Waals surface area (Å²) in [7, 11) is 0. The van der Waals surface area contributed by atoms with Gasteiger partial charge in [0.1, 0.15) is 30.0 Å². The van der Waals surface area contributed by atoms with Gasteiger partial charge in [-0.3, -0.25) is 9.10 Å². The Bertz CT molecular complexity index is 1250. The van der Waals surface area contributed by atoms with Gasteiger partial charge in [0, 0.05) is 25.6 Å². The van der Waals surface area contributed by atoms with Crippen LogP contribution in [-0.4, -0.2) is 47.4 Å². The lowest BCUT2D eigenvalue weighted by Gasteiger charge is -2.30. The molecule has 0 aliphatic carbocycles. The molecule has 0 unspecified atom stereocenters. The van der Waals surface area contributed by atoms with Crippen LogP contribution in [0.15, 0.2) is 54.6 Å². The van der Waals surface area contributed by atoms with Crippen LogP contribution in [0.4, 0.5) is 0 Å². The molecule has 4 rings (SSSR count). The Labute approximate surface area is 236 Å². The number of hydrogen-bond acceptors (Lipinski definition) is 6. The lowest BCUT2D eigenvalue weighted by molar-refractivity contribution is -0.137. The van der Waals surface area contributed by atoms with E-state index in [1.165, 1.54) is 16.7 Å². The highest BCUT2D eigenvalue weighted by Crippen LogP contribution is 2.33. The lowest BCUT2D eigenvalue weighted by Crippen LogP contribution is -2.34. The van der Waals surface area contributed by atoms with E-state index in [0.29, 0.717) is 19.6 Å². The molecule has 208 valence electrons. The number of carboxylic acids is 1. The van der Waals surface area contributed by atoms with Gasteiger partial charge in [-0.2, -0.15) is 0 Å². The molecule has 0 amide bonds. The van der Waals surface area contributed by atoms with Gasteiger partial charge in [0.25, 0.3) is 0 Å². The first kappa shape index (κ1) is 28.8. The van der Waals surface area contributed by atoms with Gasteiger partial charge in [0.2, 0.25) is 0 Å². The van der Waals surface area contributed by atoms with E-state index in [1.807, 2.05) is 37.1 Å². The quantitative estimate of drug-likeness (QED) is 0.189. The Morgan fingerprint density at radius 3 is 2.38 bits per heavy atom. The molecule has 39 heavy (non-hydrogen) atoms. The number of piperidine rings is 1. The molecule has 0 spiro atoms. The molecule has 1 saturated heterocycles. The molecule has 0 radical (unpaired) electrons. The van der Waals surface area contributed by atoms with Crippen molar-refractivity contribution >= 4 is 17.9 Å². The Kier molecular flexibility index (Phi) is 10.2. The number of carbonyl (C=O) groups is 1. The molecule has 1 heterocycles. The van der Waals surface area contributed by atoms with Crippen LogP contribution in [-0.2, 0) is 11.4 Å². The summed E-state index contributed by atoms with van der Waals surface area (Å²) >= 11 is 1.81. The molecule has 1 aliphatic rings. The maximum absolute atomic E-state index is 10.7. The maximum atomic E-state index is 10.7. The molecule has 0 saturated carbocycles. The van der Waals surface area contributed by atoms with Crippen LogP contribution in [0, 0.1) is 20.8 Å². The molecule has 1 fully saturated rings. The van der Waals surface area contributed by atoms with Crippen molar-refractivity contribution in [3.05, 3.63) is 76.9 Å². The number of nitrogens with zero attached hydrogens (tertiary/aromatic N) is 1. The van der Waals surface area contributed by atoms with Gasteiger partial charge in [-0.1, -0.05) is 36.2 Å².